The summed E-state index contributed by atoms with van der Waals surface area (Å²) in [6.45, 7) is 4.15. The van der Waals surface area contributed by atoms with Gasteiger partial charge in [-0.2, -0.15) is 0 Å². The van der Waals surface area contributed by atoms with Gasteiger partial charge >= 0.3 is 0 Å². The van der Waals surface area contributed by atoms with Crippen LogP contribution in [0.1, 0.15) is 36.0 Å². The van der Waals surface area contributed by atoms with Gasteiger partial charge in [-0.25, -0.2) is 4.98 Å². The van der Waals surface area contributed by atoms with E-state index in [2.05, 4.69) is 21.8 Å². The minimum Gasteiger partial charge on any atom is -0.356 e. The van der Waals surface area contributed by atoms with Crippen molar-refractivity contribution in [1.29, 1.82) is 0 Å². The molecule has 5 heteroatoms. The first-order valence-corrected chi connectivity index (χ1v) is 8.32. The highest BCUT2D eigenvalue weighted by Gasteiger charge is 2.28. The third-order valence-electron chi connectivity index (χ3n) is 4.98. The van der Waals surface area contributed by atoms with E-state index < -0.39 is 0 Å². The molecule has 0 N–H and O–H groups in total. The molecular weight excluding hydrogens is 276 g/mol. The largest absolute Gasteiger partial charge is 0.356 e. The number of amides is 1. The Kier molecular flexibility index (Phi) is 4.62. The number of rotatable bonds is 3. The van der Waals surface area contributed by atoms with Gasteiger partial charge in [-0.1, -0.05) is 0 Å². The number of piperidine rings is 1. The highest BCUT2D eigenvalue weighted by atomic mass is 16.2. The number of likely N-dealkylation sites (tertiary alicyclic amines) is 1. The molecule has 1 aromatic rings. The molecule has 2 fully saturated rings. The highest BCUT2D eigenvalue weighted by Crippen LogP contribution is 2.24. The highest BCUT2D eigenvalue weighted by molar-refractivity contribution is 5.99. The summed E-state index contributed by atoms with van der Waals surface area (Å²) >= 11 is 0. The minimum atomic E-state index is 0.115. The maximum Gasteiger partial charge on any atom is 0.257 e. The summed E-state index contributed by atoms with van der Waals surface area (Å²) in [7, 11) is 4.09. The Balaban J connectivity index is 1.76. The summed E-state index contributed by atoms with van der Waals surface area (Å²) in [5.41, 5.74) is 0.755. The second-order valence-electron chi connectivity index (χ2n) is 6.52. The zero-order chi connectivity index (χ0) is 15.5. The van der Waals surface area contributed by atoms with Gasteiger partial charge in [0.1, 0.15) is 5.82 Å². The summed E-state index contributed by atoms with van der Waals surface area (Å²) in [6.07, 6.45) is 6.28. The van der Waals surface area contributed by atoms with Crippen LogP contribution in [0, 0.1) is 0 Å². The standard InChI is InChI=1S/C17H26N4O/c1-19-12-7-14(8-13-19)20(2)17(22)15-6-5-9-18-16(15)21-10-3-4-11-21/h5-6,9,14H,3-4,7-8,10-13H2,1-2H3. The Hall–Kier alpha value is -1.62. The lowest BCUT2D eigenvalue weighted by Crippen LogP contribution is -2.44. The molecule has 120 valence electrons. The minimum absolute atomic E-state index is 0.115. The first-order chi connectivity index (χ1) is 10.7. The SMILES string of the molecule is CN1CCC(N(C)C(=O)c2cccnc2N2CCCC2)CC1. The van der Waals surface area contributed by atoms with Crippen molar-refractivity contribution in [2.45, 2.75) is 31.7 Å². The van der Waals surface area contributed by atoms with Crippen LogP contribution in [0.25, 0.3) is 0 Å². The molecule has 0 atom stereocenters. The topological polar surface area (TPSA) is 39.7 Å². The monoisotopic (exact) mass is 302 g/mol. The summed E-state index contributed by atoms with van der Waals surface area (Å²) in [4.78, 5) is 23.9. The first kappa shape index (κ1) is 15.3. The molecule has 0 aromatic carbocycles. The lowest BCUT2D eigenvalue weighted by molar-refractivity contribution is 0.0660. The van der Waals surface area contributed by atoms with Crippen LogP contribution in [0.2, 0.25) is 0 Å². The van der Waals surface area contributed by atoms with E-state index in [1.165, 1.54) is 12.8 Å². The molecule has 0 bridgehead atoms. The van der Waals surface area contributed by atoms with E-state index in [1.54, 1.807) is 6.20 Å². The zero-order valence-electron chi connectivity index (χ0n) is 13.7. The molecule has 0 saturated carbocycles. The molecule has 2 aliphatic heterocycles. The molecule has 1 amide bonds. The third-order valence-corrected chi connectivity index (χ3v) is 4.98. The van der Waals surface area contributed by atoms with Crippen LogP contribution in [0.5, 0.6) is 0 Å². The fourth-order valence-corrected chi connectivity index (χ4v) is 3.48. The number of aromatic nitrogens is 1. The molecule has 0 aliphatic carbocycles. The average molecular weight is 302 g/mol. The predicted octanol–water partition coefficient (Wildman–Crippen LogP) is 1.85. The van der Waals surface area contributed by atoms with Gasteiger partial charge in [-0.05, 0) is 58.0 Å². The molecule has 5 nitrogen and oxygen atoms in total. The van der Waals surface area contributed by atoms with Gasteiger partial charge in [0.05, 0.1) is 5.56 Å². The van der Waals surface area contributed by atoms with Gasteiger partial charge in [0.15, 0.2) is 0 Å². The molecule has 22 heavy (non-hydrogen) atoms. The second-order valence-corrected chi connectivity index (χ2v) is 6.52. The molecule has 0 radical (unpaired) electrons. The average Bonchev–Trinajstić information content (AvgIpc) is 3.08. The van der Waals surface area contributed by atoms with E-state index in [9.17, 15) is 4.79 Å². The Morgan fingerprint density at radius 1 is 1.23 bits per heavy atom. The number of anilines is 1. The van der Waals surface area contributed by atoms with E-state index in [-0.39, 0.29) is 5.91 Å². The van der Waals surface area contributed by atoms with Gasteiger partial charge in [-0.15, -0.1) is 0 Å². The Morgan fingerprint density at radius 2 is 1.91 bits per heavy atom. The van der Waals surface area contributed by atoms with E-state index in [4.69, 9.17) is 0 Å². The number of pyridine rings is 1. The van der Waals surface area contributed by atoms with Crippen molar-refractivity contribution in [3.05, 3.63) is 23.9 Å². The number of hydrogen-bond donors (Lipinski definition) is 0. The summed E-state index contributed by atoms with van der Waals surface area (Å²) in [5, 5.41) is 0. The van der Waals surface area contributed by atoms with E-state index >= 15 is 0 Å². The number of carbonyl (C=O) groups is 1. The van der Waals surface area contributed by atoms with Crippen molar-refractivity contribution >= 4 is 11.7 Å². The van der Waals surface area contributed by atoms with Crippen molar-refractivity contribution in [3.8, 4) is 0 Å². The van der Waals surface area contributed by atoms with Crippen molar-refractivity contribution in [2.24, 2.45) is 0 Å². The first-order valence-electron chi connectivity index (χ1n) is 8.32. The van der Waals surface area contributed by atoms with Crippen molar-refractivity contribution in [2.75, 3.05) is 45.2 Å². The zero-order valence-corrected chi connectivity index (χ0v) is 13.7. The lowest BCUT2D eigenvalue weighted by atomic mass is 10.0. The van der Waals surface area contributed by atoms with E-state index in [1.807, 2.05) is 24.1 Å². The number of carbonyl (C=O) groups excluding carboxylic acids is 1. The molecule has 0 unspecified atom stereocenters. The van der Waals surface area contributed by atoms with Crippen LogP contribution in [-0.2, 0) is 0 Å². The lowest BCUT2D eigenvalue weighted by Gasteiger charge is -2.35. The fraction of sp³-hybridized carbons (Fsp3) is 0.647. The maximum atomic E-state index is 12.9. The van der Waals surface area contributed by atoms with Crippen molar-refractivity contribution in [3.63, 3.8) is 0 Å². The summed E-state index contributed by atoms with van der Waals surface area (Å²) in [5.74, 6) is 0.981. The number of hydrogen-bond acceptors (Lipinski definition) is 4. The molecule has 2 saturated heterocycles. The molecule has 3 heterocycles. The van der Waals surface area contributed by atoms with Crippen LogP contribution in [0.4, 0.5) is 5.82 Å². The van der Waals surface area contributed by atoms with Crippen LogP contribution in [0.15, 0.2) is 18.3 Å². The Bertz CT molecular complexity index is 519. The van der Waals surface area contributed by atoms with Crippen molar-refractivity contribution < 1.29 is 4.79 Å². The Morgan fingerprint density at radius 3 is 2.59 bits per heavy atom. The maximum absolute atomic E-state index is 12.9. The third kappa shape index (κ3) is 3.09. The van der Waals surface area contributed by atoms with Gasteiger partial charge in [0.2, 0.25) is 0 Å². The molecule has 1 aromatic heterocycles. The van der Waals surface area contributed by atoms with E-state index in [0.29, 0.717) is 6.04 Å². The van der Waals surface area contributed by atoms with Crippen LogP contribution in [-0.4, -0.2) is 67.0 Å². The number of nitrogens with zero attached hydrogens (tertiary/aromatic N) is 4. The van der Waals surface area contributed by atoms with Gasteiger partial charge in [0.25, 0.3) is 5.91 Å². The van der Waals surface area contributed by atoms with Gasteiger partial charge in [-0.3, -0.25) is 4.79 Å². The summed E-state index contributed by atoms with van der Waals surface area (Å²) < 4.78 is 0. The quantitative estimate of drug-likeness (QED) is 0.854. The molecule has 0 spiro atoms. The van der Waals surface area contributed by atoms with Crippen LogP contribution >= 0.6 is 0 Å². The predicted molar refractivity (Wildman–Crippen MR) is 88.3 cm³/mol. The van der Waals surface area contributed by atoms with E-state index in [0.717, 1.165) is 50.4 Å². The normalized spacial score (nSPS) is 20.4. The second kappa shape index (κ2) is 6.65. The van der Waals surface area contributed by atoms with Gasteiger partial charge in [0, 0.05) is 32.4 Å². The van der Waals surface area contributed by atoms with Crippen LogP contribution < -0.4 is 4.90 Å². The fourth-order valence-electron chi connectivity index (χ4n) is 3.48. The van der Waals surface area contributed by atoms with Crippen molar-refractivity contribution in [1.82, 2.24) is 14.8 Å². The smallest absolute Gasteiger partial charge is 0.257 e. The van der Waals surface area contributed by atoms with Crippen LogP contribution in [0.3, 0.4) is 0 Å². The molecular formula is C17H26N4O. The van der Waals surface area contributed by atoms with Gasteiger partial charge < -0.3 is 14.7 Å². The molecule has 3 rings (SSSR count). The Labute approximate surface area is 132 Å². The summed E-state index contributed by atoms with van der Waals surface area (Å²) in [6, 6.07) is 4.14. The molecule has 2 aliphatic rings.